The van der Waals surface area contributed by atoms with E-state index in [2.05, 4.69) is 9.97 Å². The van der Waals surface area contributed by atoms with Gasteiger partial charge in [0.1, 0.15) is 11.6 Å². The maximum absolute atomic E-state index is 5.08. The van der Waals surface area contributed by atoms with E-state index in [0.29, 0.717) is 0 Å². The summed E-state index contributed by atoms with van der Waals surface area (Å²) in [6, 6.07) is 5.79. The predicted octanol–water partition coefficient (Wildman–Crippen LogP) is 2.91. The smallest absolute Gasteiger partial charge is 0.121 e. The highest BCUT2D eigenvalue weighted by molar-refractivity contribution is 5.76. The quantitative estimate of drug-likeness (QED) is 0.754. The van der Waals surface area contributed by atoms with E-state index in [0.717, 1.165) is 22.6 Å². The zero-order valence-corrected chi connectivity index (χ0v) is 9.09. The van der Waals surface area contributed by atoms with Crippen LogP contribution < -0.4 is 4.74 Å². The van der Waals surface area contributed by atoms with Crippen molar-refractivity contribution in [2.24, 2.45) is 0 Å². The van der Waals surface area contributed by atoms with Crippen LogP contribution in [0.25, 0.3) is 11.0 Å². The number of hydrogen-bond donors (Lipinski definition) is 1. The Balaban J connectivity index is 0.000000461. The third kappa shape index (κ3) is 2.05. The molecule has 0 aliphatic heterocycles. The van der Waals surface area contributed by atoms with Gasteiger partial charge in [0.15, 0.2) is 0 Å². The van der Waals surface area contributed by atoms with Crippen LogP contribution in [-0.4, -0.2) is 17.1 Å². The molecule has 0 bridgehead atoms. The first-order valence-corrected chi connectivity index (χ1v) is 4.80. The first-order chi connectivity index (χ1) is 6.79. The number of benzene rings is 1. The van der Waals surface area contributed by atoms with Crippen LogP contribution >= 0.6 is 0 Å². The lowest BCUT2D eigenvalue weighted by atomic mass is 10.3. The van der Waals surface area contributed by atoms with Crippen molar-refractivity contribution >= 4 is 11.0 Å². The van der Waals surface area contributed by atoms with Gasteiger partial charge in [-0.3, -0.25) is 0 Å². The first-order valence-electron chi connectivity index (χ1n) is 4.80. The molecule has 1 aromatic heterocycles. The average Bonchev–Trinajstić information content (AvgIpc) is 2.59. The van der Waals surface area contributed by atoms with Crippen LogP contribution in [0.15, 0.2) is 18.2 Å². The van der Waals surface area contributed by atoms with Gasteiger partial charge in [0.2, 0.25) is 0 Å². The molecule has 1 N–H and O–H groups in total. The first kappa shape index (κ1) is 10.6. The Morgan fingerprint density at radius 2 is 2.00 bits per heavy atom. The number of nitrogens with zero attached hydrogens (tertiary/aromatic N) is 1. The average molecular weight is 192 g/mol. The largest absolute Gasteiger partial charge is 0.497 e. The van der Waals surface area contributed by atoms with Gasteiger partial charge in [0.05, 0.1) is 18.1 Å². The Bertz CT molecular complexity index is 407. The lowest BCUT2D eigenvalue weighted by Crippen LogP contribution is -1.81. The molecule has 0 atom stereocenters. The highest BCUT2D eigenvalue weighted by Crippen LogP contribution is 2.17. The van der Waals surface area contributed by atoms with Crippen molar-refractivity contribution in [3.8, 4) is 5.75 Å². The van der Waals surface area contributed by atoms with Crippen molar-refractivity contribution in [1.29, 1.82) is 0 Å². The summed E-state index contributed by atoms with van der Waals surface area (Å²) in [4.78, 5) is 7.42. The minimum atomic E-state index is 0.853. The maximum Gasteiger partial charge on any atom is 0.121 e. The molecule has 0 amide bonds. The summed E-state index contributed by atoms with van der Waals surface area (Å²) in [5.41, 5.74) is 2.00. The molecule has 76 valence electrons. The number of methoxy groups -OCH3 is 1. The highest BCUT2D eigenvalue weighted by Gasteiger charge is 1.99. The standard InChI is InChI=1S/C9H10N2O.C2H6/c1-6-10-8-4-3-7(12-2)5-9(8)11-6;1-2/h3-5H,1-2H3,(H,10,11);1-2H3. The maximum atomic E-state index is 5.08. The summed E-state index contributed by atoms with van der Waals surface area (Å²) in [5, 5.41) is 0. The van der Waals surface area contributed by atoms with E-state index in [1.165, 1.54) is 0 Å². The lowest BCUT2D eigenvalue weighted by Gasteiger charge is -1.96. The van der Waals surface area contributed by atoms with Crippen molar-refractivity contribution in [2.45, 2.75) is 20.8 Å². The minimum absolute atomic E-state index is 0.853. The number of ether oxygens (including phenoxy) is 1. The summed E-state index contributed by atoms with van der Waals surface area (Å²) in [5.74, 6) is 1.78. The Labute approximate surface area is 84.1 Å². The Morgan fingerprint density at radius 3 is 2.64 bits per heavy atom. The summed E-state index contributed by atoms with van der Waals surface area (Å²) in [6.07, 6.45) is 0. The molecule has 3 heteroatoms. The number of hydrogen-bond acceptors (Lipinski definition) is 2. The number of rotatable bonds is 1. The molecule has 0 aliphatic rings. The van der Waals surface area contributed by atoms with Gasteiger partial charge in [-0.15, -0.1) is 0 Å². The van der Waals surface area contributed by atoms with Crippen molar-refractivity contribution in [1.82, 2.24) is 9.97 Å². The Kier molecular flexibility index (Phi) is 3.51. The zero-order valence-electron chi connectivity index (χ0n) is 9.09. The van der Waals surface area contributed by atoms with E-state index < -0.39 is 0 Å². The molecule has 0 unspecified atom stereocenters. The van der Waals surface area contributed by atoms with E-state index >= 15 is 0 Å². The third-order valence-corrected chi connectivity index (χ3v) is 1.81. The van der Waals surface area contributed by atoms with Crippen LogP contribution in [0.1, 0.15) is 19.7 Å². The van der Waals surface area contributed by atoms with Gasteiger partial charge in [-0.2, -0.15) is 0 Å². The topological polar surface area (TPSA) is 37.9 Å². The molecule has 0 spiro atoms. The van der Waals surface area contributed by atoms with E-state index in [-0.39, 0.29) is 0 Å². The van der Waals surface area contributed by atoms with Crippen molar-refractivity contribution in [3.63, 3.8) is 0 Å². The fourth-order valence-corrected chi connectivity index (χ4v) is 1.24. The summed E-state index contributed by atoms with van der Waals surface area (Å²) < 4.78 is 5.08. The fourth-order valence-electron chi connectivity index (χ4n) is 1.24. The number of fused-ring (bicyclic) bond motifs is 1. The Morgan fingerprint density at radius 1 is 1.29 bits per heavy atom. The van der Waals surface area contributed by atoms with Gasteiger partial charge < -0.3 is 9.72 Å². The minimum Gasteiger partial charge on any atom is -0.497 e. The molecule has 0 aliphatic carbocycles. The summed E-state index contributed by atoms with van der Waals surface area (Å²) >= 11 is 0. The number of nitrogens with one attached hydrogen (secondary N) is 1. The molecule has 0 fully saturated rings. The monoisotopic (exact) mass is 192 g/mol. The van der Waals surface area contributed by atoms with Gasteiger partial charge in [-0.25, -0.2) is 4.98 Å². The van der Waals surface area contributed by atoms with Crippen molar-refractivity contribution in [2.75, 3.05) is 7.11 Å². The van der Waals surface area contributed by atoms with Crippen LogP contribution in [0.4, 0.5) is 0 Å². The van der Waals surface area contributed by atoms with Crippen molar-refractivity contribution < 1.29 is 4.74 Å². The molecular formula is C11H16N2O. The molecule has 0 saturated carbocycles. The number of aromatic amines is 1. The molecule has 0 radical (unpaired) electrons. The lowest BCUT2D eigenvalue weighted by molar-refractivity contribution is 0.415. The molecule has 14 heavy (non-hydrogen) atoms. The molecule has 2 rings (SSSR count). The normalized spacial score (nSPS) is 9.43. The van der Waals surface area contributed by atoms with Gasteiger partial charge in [-0.1, -0.05) is 13.8 Å². The predicted molar refractivity (Wildman–Crippen MR) is 58.7 cm³/mol. The van der Waals surface area contributed by atoms with Crippen LogP contribution in [0, 0.1) is 6.92 Å². The van der Waals surface area contributed by atoms with Crippen LogP contribution in [-0.2, 0) is 0 Å². The second kappa shape index (κ2) is 4.65. The van der Waals surface area contributed by atoms with E-state index in [9.17, 15) is 0 Å². The summed E-state index contributed by atoms with van der Waals surface area (Å²) in [6.45, 7) is 5.94. The molecule has 0 saturated heterocycles. The SMILES string of the molecule is CC.COc1ccc2nc(C)[nH]c2c1. The third-order valence-electron chi connectivity index (χ3n) is 1.81. The van der Waals surface area contributed by atoms with Crippen LogP contribution in [0.5, 0.6) is 5.75 Å². The molecule has 1 aromatic carbocycles. The highest BCUT2D eigenvalue weighted by atomic mass is 16.5. The second-order valence-corrected chi connectivity index (χ2v) is 2.71. The number of imidazole rings is 1. The van der Waals surface area contributed by atoms with E-state index in [1.807, 2.05) is 39.0 Å². The fraction of sp³-hybridized carbons (Fsp3) is 0.364. The number of H-pyrrole nitrogens is 1. The number of aromatic nitrogens is 2. The molecule has 3 nitrogen and oxygen atoms in total. The van der Waals surface area contributed by atoms with Gasteiger partial charge >= 0.3 is 0 Å². The van der Waals surface area contributed by atoms with Crippen LogP contribution in [0.2, 0.25) is 0 Å². The number of aryl methyl sites for hydroxylation is 1. The van der Waals surface area contributed by atoms with Crippen LogP contribution in [0.3, 0.4) is 0 Å². The van der Waals surface area contributed by atoms with Gasteiger partial charge in [-0.05, 0) is 19.1 Å². The Hall–Kier alpha value is -1.51. The zero-order chi connectivity index (χ0) is 10.6. The van der Waals surface area contributed by atoms with Gasteiger partial charge in [0, 0.05) is 6.07 Å². The summed E-state index contributed by atoms with van der Waals surface area (Å²) in [7, 11) is 1.66. The van der Waals surface area contributed by atoms with E-state index in [1.54, 1.807) is 7.11 Å². The van der Waals surface area contributed by atoms with E-state index in [4.69, 9.17) is 4.74 Å². The van der Waals surface area contributed by atoms with Gasteiger partial charge in [0.25, 0.3) is 0 Å². The molecular weight excluding hydrogens is 176 g/mol. The molecule has 2 aromatic rings. The van der Waals surface area contributed by atoms with Crippen molar-refractivity contribution in [3.05, 3.63) is 24.0 Å². The molecule has 1 heterocycles. The second-order valence-electron chi connectivity index (χ2n) is 2.71.